The molecule has 3 N–H and O–H groups in total. The van der Waals surface area contributed by atoms with Crippen LogP contribution in [-0.4, -0.2) is 49.8 Å². The number of anilines is 2. The predicted molar refractivity (Wildman–Crippen MR) is 157 cm³/mol. The van der Waals surface area contributed by atoms with Crippen LogP contribution in [0, 0.1) is 35.4 Å². The van der Waals surface area contributed by atoms with Crippen molar-refractivity contribution in [1.82, 2.24) is 5.32 Å². The first-order valence-electron chi connectivity index (χ1n) is 15.3. The number of allylic oxidation sites excluding steroid dienone is 1. The lowest BCUT2D eigenvalue weighted by Gasteiger charge is -2.34. The molecule has 6 rings (SSSR count). The smallest absolute Gasteiger partial charge is 0.419 e. The number of amides is 2. The minimum absolute atomic E-state index is 0.0687. The summed E-state index contributed by atoms with van der Waals surface area (Å²) in [7, 11) is 1.48. The van der Waals surface area contributed by atoms with Crippen LogP contribution >= 0.6 is 0 Å². The molecule has 2 aromatic carbocycles. The highest BCUT2D eigenvalue weighted by Crippen LogP contribution is 2.54. The number of nitrogens with one attached hydrogen (secondary N) is 2. The van der Waals surface area contributed by atoms with Gasteiger partial charge in [-0.3, -0.25) is 9.59 Å². The van der Waals surface area contributed by atoms with E-state index in [1.165, 1.54) is 7.11 Å². The molecule has 7 nitrogen and oxygen atoms in total. The lowest BCUT2D eigenvalue weighted by atomic mass is 9.83. The maximum atomic E-state index is 13.9. The van der Waals surface area contributed by atoms with Gasteiger partial charge in [-0.15, -0.1) is 0 Å². The fourth-order valence-corrected chi connectivity index (χ4v) is 7.35. The quantitative estimate of drug-likeness (QED) is 0.258. The van der Waals surface area contributed by atoms with E-state index in [2.05, 4.69) is 21.6 Å². The van der Waals surface area contributed by atoms with Crippen molar-refractivity contribution in [3.63, 3.8) is 0 Å². The van der Waals surface area contributed by atoms with Crippen molar-refractivity contribution in [3.05, 3.63) is 65.0 Å². The average Bonchev–Trinajstić information content (AvgIpc) is 3.69. The molecule has 2 aromatic rings. The molecule has 1 heterocycles. The second-order valence-corrected chi connectivity index (χ2v) is 12.5. The number of hydrogen-bond acceptors (Lipinski definition) is 5. The summed E-state index contributed by atoms with van der Waals surface area (Å²) in [5.41, 5.74) is 0.688. The molecule has 44 heavy (non-hydrogen) atoms. The van der Waals surface area contributed by atoms with E-state index < -0.39 is 41.3 Å². The first kappa shape index (κ1) is 30.4. The zero-order valence-electron chi connectivity index (χ0n) is 24.5. The number of carbonyl (C=O) groups is 2. The van der Waals surface area contributed by atoms with Crippen molar-refractivity contribution in [1.29, 1.82) is 0 Å². The number of carbonyl (C=O) groups excluding carboxylic acids is 2. The topological polar surface area (TPSA) is 90.9 Å². The molecule has 0 aromatic heterocycles. The van der Waals surface area contributed by atoms with E-state index in [1.807, 2.05) is 6.07 Å². The summed E-state index contributed by atoms with van der Waals surface area (Å²) in [6.45, 7) is 1.57. The summed E-state index contributed by atoms with van der Waals surface area (Å²) in [5.74, 6) is -2.26. The Morgan fingerprint density at radius 3 is 2.55 bits per heavy atom. The third kappa shape index (κ3) is 6.03. The third-order valence-corrected chi connectivity index (χ3v) is 9.66. The number of alkyl halides is 3. The Labute approximate surface area is 253 Å². The second kappa shape index (κ2) is 12.1. The van der Waals surface area contributed by atoms with E-state index in [9.17, 15) is 32.3 Å². The molecule has 5 atom stereocenters. The zero-order valence-corrected chi connectivity index (χ0v) is 24.5. The van der Waals surface area contributed by atoms with Crippen molar-refractivity contribution in [2.24, 2.45) is 29.6 Å². The van der Waals surface area contributed by atoms with E-state index in [0.717, 1.165) is 62.4 Å². The van der Waals surface area contributed by atoms with Gasteiger partial charge in [-0.05, 0) is 92.7 Å². The number of ether oxygens (including phenoxy) is 1. The summed E-state index contributed by atoms with van der Waals surface area (Å²) < 4.78 is 59.5. The van der Waals surface area contributed by atoms with E-state index in [1.54, 1.807) is 12.1 Å². The van der Waals surface area contributed by atoms with Gasteiger partial charge >= 0.3 is 6.18 Å². The molecular weight excluding hydrogens is 578 g/mol. The van der Waals surface area contributed by atoms with Gasteiger partial charge < -0.3 is 25.4 Å². The Kier molecular flexibility index (Phi) is 8.34. The molecule has 2 amide bonds. The average molecular weight is 616 g/mol. The number of nitrogens with zero attached hydrogens (tertiary/aromatic N) is 1. The van der Waals surface area contributed by atoms with Crippen LogP contribution in [0.5, 0.6) is 5.75 Å². The van der Waals surface area contributed by atoms with Crippen LogP contribution < -0.4 is 20.3 Å². The van der Waals surface area contributed by atoms with Crippen LogP contribution in [0.15, 0.2) is 48.0 Å². The Morgan fingerprint density at radius 2 is 1.84 bits per heavy atom. The van der Waals surface area contributed by atoms with Crippen LogP contribution in [-0.2, 0) is 11.0 Å². The molecule has 236 valence electrons. The first-order chi connectivity index (χ1) is 21.1. The normalized spacial score (nSPS) is 27.5. The van der Waals surface area contributed by atoms with E-state index in [4.69, 9.17) is 4.74 Å². The Bertz CT molecular complexity index is 1460. The van der Waals surface area contributed by atoms with E-state index in [-0.39, 0.29) is 30.0 Å². The highest BCUT2D eigenvalue weighted by molar-refractivity contribution is 6.00. The molecule has 11 heteroatoms. The van der Waals surface area contributed by atoms with E-state index >= 15 is 0 Å². The SMILES string of the molecule is COc1ccc(N2CCCC(CO)C2)cc1C(=O)N[C@@H]1[C@@H]2CCC(/C2=C/C2CC2)[C@@H]1C(=O)Nc1ccc(F)c(C(F)(F)F)c1. The number of rotatable bonds is 8. The highest BCUT2D eigenvalue weighted by Gasteiger charge is 2.55. The van der Waals surface area contributed by atoms with Gasteiger partial charge in [0, 0.05) is 43.0 Å². The van der Waals surface area contributed by atoms with Crippen molar-refractivity contribution < 1.29 is 37.0 Å². The van der Waals surface area contributed by atoms with Gasteiger partial charge in [0.25, 0.3) is 5.91 Å². The largest absolute Gasteiger partial charge is 0.496 e. The Balaban J connectivity index is 1.27. The van der Waals surface area contributed by atoms with Gasteiger partial charge in [0.05, 0.1) is 24.2 Å². The lowest BCUT2D eigenvalue weighted by molar-refractivity contribution is -0.140. The minimum atomic E-state index is -4.91. The monoisotopic (exact) mass is 615 g/mol. The predicted octanol–water partition coefficient (Wildman–Crippen LogP) is 5.79. The second-order valence-electron chi connectivity index (χ2n) is 12.5. The summed E-state index contributed by atoms with van der Waals surface area (Å²) >= 11 is 0. The van der Waals surface area contributed by atoms with Crippen LogP contribution in [0.2, 0.25) is 0 Å². The fraction of sp³-hybridized carbons (Fsp3) is 0.515. The van der Waals surface area contributed by atoms with Crippen LogP contribution in [0.4, 0.5) is 28.9 Å². The standard InChI is InChI=1S/C33H37F4N3O4/c1-44-28-11-7-21(40-12-2-3-19(16-40)17-41)15-25(28)31(42)39-30-23-9-8-22(24(23)13-18-4-5-18)29(30)32(43)38-20-6-10-27(34)26(14-20)33(35,36)37/h6-7,10-11,13-15,18-19,22-23,29-30,41H,2-5,8-9,12,16-17H2,1H3,(H,38,43)(H,39,42)/b24-13-/t19?,22?,23-,29+,30-/m1/s1. The highest BCUT2D eigenvalue weighted by atomic mass is 19.4. The van der Waals surface area contributed by atoms with Crippen LogP contribution in [0.1, 0.15) is 54.4 Å². The summed E-state index contributed by atoms with van der Waals surface area (Å²) in [6.07, 6.45) is 2.86. The molecule has 2 unspecified atom stereocenters. The van der Waals surface area contributed by atoms with Gasteiger partial charge in [0.1, 0.15) is 11.6 Å². The van der Waals surface area contributed by atoms with Crippen molar-refractivity contribution in [2.45, 2.75) is 50.7 Å². The molecule has 4 fully saturated rings. The molecule has 2 bridgehead atoms. The molecule has 0 radical (unpaired) electrons. The molecule has 1 saturated heterocycles. The molecule has 3 aliphatic carbocycles. The number of halogens is 4. The van der Waals surface area contributed by atoms with Crippen LogP contribution in [0.3, 0.4) is 0 Å². The van der Waals surface area contributed by atoms with Gasteiger partial charge in [-0.25, -0.2) is 4.39 Å². The Morgan fingerprint density at radius 1 is 1.07 bits per heavy atom. The Hall–Kier alpha value is -3.60. The van der Waals surface area contributed by atoms with E-state index in [0.29, 0.717) is 35.9 Å². The van der Waals surface area contributed by atoms with Gasteiger partial charge in [-0.2, -0.15) is 13.2 Å². The number of aliphatic hydroxyl groups excluding tert-OH is 1. The maximum Gasteiger partial charge on any atom is 0.419 e. The number of benzene rings is 2. The number of aliphatic hydroxyl groups is 1. The summed E-state index contributed by atoms with van der Waals surface area (Å²) in [6, 6.07) is 7.24. The number of methoxy groups -OCH3 is 1. The molecule has 3 saturated carbocycles. The number of hydrogen-bond donors (Lipinski definition) is 3. The van der Waals surface area contributed by atoms with Gasteiger partial charge in [0.2, 0.25) is 5.91 Å². The van der Waals surface area contributed by atoms with Crippen molar-refractivity contribution in [2.75, 3.05) is 37.0 Å². The molecule has 4 aliphatic rings. The summed E-state index contributed by atoms with van der Waals surface area (Å²) in [5, 5.41) is 15.4. The fourth-order valence-electron chi connectivity index (χ4n) is 7.35. The number of fused-ring (bicyclic) bond motifs is 2. The minimum Gasteiger partial charge on any atom is -0.496 e. The summed E-state index contributed by atoms with van der Waals surface area (Å²) in [4.78, 5) is 29.8. The zero-order chi connectivity index (χ0) is 31.2. The molecular formula is C33H37F4N3O4. The first-order valence-corrected chi connectivity index (χ1v) is 15.3. The maximum absolute atomic E-state index is 13.9. The van der Waals surface area contributed by atoms with Crippen molar-refractivity contribution >= 4 is 23.2 Å². The van der Waals surface area contributed by atoms with Gasteiger partial charge in [-0.1, -0.05) is 11.6 Å². The van der Waals surface area contributed by atoms with Crippen molar-refractivity contribution in [3.8, 4) is 5.75 Å². The van der Waals surface area contributed by atoms with Gasteiger partial charge in [0.15, 0.2) is 0 Å². The lowest BCUT2D eigenvalue weighted by Crippen LogP contribution is -2.48. The third-order valence-electron chi connectivity index (χ3n) is 9.66. The number of piperidine rings is 1. The molecule has 1 aliphatic heterocycles. The molecule has 0 spiro atoms. The van der Waals surface area contributed by atoms with Crippen LogP contribution in [0.25, 0.3) is 0 Å².